The zero-order chi connectivity index (χ0) is 14.5. The number of aryl methyl sites for hydroxylation is 2. The molecule has 0 saturated carbocycles. The van der Waals surface area contributed by atoms with Crippen molar-refractivity contribution in [2.24, 2.45) is 0 Å². The molecular weight excluding hydrogens is 254 g/mol. The molecule has 0 aliphatic heterocycles. The molecule has 2 aromatic rings. The van der Waals surface area contributed by atoms with Crippen LogP contribution in [0.15, 0.2) is 18.3 Å². The smallest absolute Gasteiger partial charge is 0.257 e. The van der Waals surface area contributed by atoms with Gasteiger partial charge in [-0.25, -0.2) is 4.98 Å². The van der Waals surface area contributed by atoms with Gasteiger partial charge in [-0.3, -0.25) is 9.89 Å². The Kier molecular flexibility index (Phi) is 4.34. The molecule has 3 N–H and O–H groups in total. The van der Waals surface area contributed by atoms with Crippen molar-refractivity contribution in [2.45, 2.75) is 27.2 Å². The quantitative estimate of drug-likeness (QED) is 0.781. The van der Waals surface area contributed by atoms with Crippen molar-refractivity contribution < 1.29 is 4.79 Å². The first-order valence-electron chi connectivity index (χ1n) is 6.64. The number of nitrogens with one attached hydrogen (secondary N) is 3. The Hall–Kier alpha value is -2.37. The van der Waals surface area contributed by atoms with E-state index in [0.29, 0.717) is 5.56 Å². The van der Waals surface area contributed by atoms with E-state index in [0.717, 1.165) is 35.9 Å². The Morgan fingerprint density at radius 3 is 2.70 bits per heavy atom. The number of rotatable bonds is 5. The molecule has 0 bridgehead atoms. The van der Waals surface area contributed by atoms with Crippen LogP contribution in [0.1, 0.15) is 35.1 Å². The lowest BCUT2D eigenvalue weighted by molar-refractivity contribution is 0.102. The minimum absolute atomic E-state index is 0.188. The second-order valence-electron chi connectivity index (χ2n) is 4.62. The number of aromatic nitrogens is 3. The summed E-state index contributed by atoms with van der Waals surface area (Å²) >= 11 is 0. The highest BCUT2D eigenvalue weighted by Gasteiger charge is 2.12. The van der Waals surface area contributed by atoms with Crippen LogP contribution < -0.4 is 10.6 Å². The van der Waals surface area contributed by atoms with Crippen LogP contribution in [-0.4, -0.2) is 27.6 Å². The standard InChI is InChI=1S/C14H19N5O/c1-4-7-15-12-6-5-11(8-16-12)14(20)17-13-9(2)18-19-10(13)3/h5-6,8H,4,7H2,1-3H3,(H,15,16)(H,17,20)(H,18,19). The number of carbonyl (C=O) groups excluding carboxylic acids is 1. The molecule has 0 unspecified atom stereocenters. The molecule has 6 nitrogen and oxygen atoms in total. The van der Waals surface area contributed by atoms with Crippen LogP contribution in [0.2, 0.25) is 0 Å². The highest BCUT2D eigenvalue weighted by Crippen LogP contribution is 2.17. The monoisotopic (exact) mass is 273 g/mol. The molecule has 0 atom stereocenters. The van der Waals surface area contributed by atoms with Crippen molar-refractivity contribution in [3.63, 3.8) is 0 Å². The topological polar surface area (TPSA) is 82.7 Å². The van der Waals surface area contributed by atoms with Crippen molar-refractivity contribution in [3.05, 3.63) is 35.3 Å². The third kappa shape index (κ3) is 3.14. The molecule has 2 heterocycles. The van der Waals surface area contributed by atoms with Crippen LogP contribution in [0.4, 0.5) is 11.5 Å². The number of hydrogen-bond acceptors (Lipinski definition) is 4. The first kappa shape index (κ1) is 14.0. The molecule has 6 heteroatoms. The maximum atomic E-state index is 12.1. The van der Waals surface area contributed by atoms with Gasteiger partial charge in [-0.05, 0) is 32.4 Å². The van der Waals surface area contributed by atoms with Gasteiger partial charge in [0, 0.05) is 12.7 Å². The summed E-state index contributed by atoms with van der Waals surface area (Å²) in [6.45, 7) is 6.66. The van der Waals surface area contributed by atoms with Gasteiger partial charge in [0.25, 0.3) is 5.91 Å². The van der Waals surface area contributed by atoms with E-state index in [-0.39, 0.29) is 5.91 Å². The van der Waals surface area contributed by atoms with Gasteiger partial charge >= 0.3 is 0 Å². The van der Waals surface area contributed by atoms with Gasteiger partial charge in [0.05, 0.1) is 22.6 Å². The Labute approximate surface area is 118 Å². The number of nitrogens with zero attached hydrogens (tertiary/aromatic N) is 2. The van der Waals surface area contributed by atoms with Crippen LogP contribution in [0.5, 0.6) is 0 Å². The van der Waals surface area contributed by atoms with Gasteiger partial charge in [-0.15, -0.1) is 0 Å². The summed E-state index contributed by atoms with van der Waals surface area (Å²) in [4.78, 5) is 16.3. The van der Waals surface area contributed by atoms with E-state index < -0.39 is 0 Å². The number of pyridine rings is 1. The number of hydrogen-bond donors (Lipinski definition) is 3. The maximum Gasteiger partial charge on any atom is 0.257 e. The number of anilines is 2. The Bertz CT molecular complexity index is 569. The Morgan fingerprint density at radius 2 is 2.15 bits per heavy atom. The average molecular weight is 273 g/mol. The fourth-order valence-electron chi connectivity index (χ4n) is 1.81. The molecule has 0 fully saturated rings. The molecule has 0 saturated heterocycles. The van der Waals surface area contributed by atoms with E-state index in [9.17, 15) is 4.79 Å². The number of aromatic amines is 1. The van der Waals surface area contributed by atoms with Crippen LogP contribution in [0, 0.1) is 13.8 Å². The van der Waals surface area contributed by atoms with Crippen molar-refractivity contribution in [2.75, 3.05) is 17.2 Å². The van der Waals surface area contributed by atoms with Crippen molar-refractivity contribution in [1.29, 1.82) is 0 Å². The summed E-state index contributed by atoms with van der Waals surface area (Å²) in [6.07, 6.45) is 2.60. The second kappa shape index (κ2) is 6.18. The van der Waals surface area contributed by atoms with Crippen LogP contribution in [0.25, 0.3) is 0 Å². The fraction of sp³-hybridized carbons (Fsp3) is 0.357. The predicted molar refractivity (Wildman–Crippen MR) is 79.0 cm³/mol. The average Bonchev–Trinajstić information content (AvgIpc) is 2.77. The molecular formula is C14H19N5O. The van der Waals surface area contributed by atoms with E-state index in [1.54, 1.807) is 18.3 Å². The highest BCUT2D eigenvalue weighted by atomic mass is 16.1. The third-order valence-electron chi connectivity index (χ3n) is 2.95. The Balaban J connectivity index is 2.06. The third-order valence-corrected chi connectivity index (χ3v) is 2.95. The number of amides is 1. The van der Waals surface area contributed by atoms with Crippen LogP contribution in [0.3, 0.4) is 0 Å². The highest BCUT2D eigenvalue weighted by molar-refractivity contribution is 6.04. The summed E-state index contributed by atoms with van der Waals surface area (Å²) in [6, 6.07) is 3.56. The predicted octanol–water partition coefficient (Wildman–Crippen LogP) is 2.50. The lowest BCUT2D eigenvalue weighted by Gasteiger charge is -2.07. The summed E-state index contributed by atoms with van der Waals surface area (Å²) in [5.41, 5.74) is 2.85. The molecule has 0 aliphatic carbocycles. The zero-order valence-electron chi connectivity index (χ0n) is 11.9. The van der Waals surface area contributed by atoms with Crippen molar-refractivity contribution in [1.82, 2.24) is 15.2 Å². The largest absolute Gasteiger partial charge is 0.370 e. The van der Waals surface area contributed by atoms with Crippen molar-refractivity contribution in [3.8, 4) is 0 Å². The lowest BCUT2D eigenvalue weighted by atomic mass is 10.2. The maximum absolute atomic E-state index is 12.1. The molecule has 2 aromatic heterocycles. The van der Waals surface area contributed by atoms with E-state index >= 15 is 0 Å². The molecule has 0 aromatic carbocycles. The van der Waals surface area contributed by atoms with Crippen molar-refractivity contribution >= 4 is 17.4 Å². The van der Waals surface area contributed by atoms with Crippen LogP contribution in [-0.2, 0) is 0 Å². The first-order valence-corrected chi connectivity index (χ1v) is 6.64. The fourth-order valence-corrected chi connectivity index (χ4v) is 1.81. The Morgan fingerprint density at radius 1 is 1.35 bits per heavy atom. The first-order chi connectivity index (χ1) is 9.61. The minimum atomic E-state index is -0.188. The minimum Gasteiger partial charge on any atom is -0.370 e. The SMILES string of the molecule is CCCNc1ccc(C(=O)Nc2c(C)n[nH]c2C)cn1. The van der Waals surface area contributed by atoms with E-state index in [4.69, 9.17) is 0 Å². The molecule has 0 radical (unpaired) electrons. The normalized spacial score (nSPS) is 10.3. The van der Waals surface area contributed by atoms with Gasteiger partial charge in [-0.1, -0.05) is 6.92 Å². The van der Waals surface area contributed by atoms with E-state index in [1.807, 2.05) is 13.8 Å². The number of H-pyrrole nitrogens is 1. The summed E-state index contributed by atoms with van der Waals surface area (Å²) in [5, 5.41) is 12.9. The summed E-state index contributed by atoms with van der Waals surface area (Å²) < 4.78 is 0. The molecule has 2 rings (SSSR count). The molecule has 106 valence electrons. The molecule has 20 heavy (non-hydrogen) atoms. The van der Waals surface area contributed by atoms with Crippen LogP contribution >= 0.6 is 0 Å². The van der Waals surface area contributed by atoms with Gasteiger partial charge in [-0.2, -0.15) is 5.10 Å². The van der Waals surface area contributed by atoms with E-state index in [1.165, 1.54) is 0 Å². The molecule has 0 aliphatic rings. The van der Waals surface area contributed by atoms with Gasteiger partial charge in [0.1, 0.15) is 5.82 Å². The number of carbonyl (C=O) groups is 1. The summed E-state index contributed by atoms with van der Waals surface area (Å²) in [5.74, 6) is 0.589. The van der Waals surface area contributed by atoms with E-state index in [2.05, 4.69) is 32.7 Å². The van der Waals surface area contributed by atoms with Gasteiger partial charge in [0.2, 0.25) is 0 Å². The lowest BCUT2D eigenvalue weighted by Crippen LogP contribution is -2.13. The zero-order valence-corrected chi connectivity index (χ0v) is 11.9. The molecule has 0 spiro atoms. The summed E-state index contributed by atoms with van der Waals surface area (Å²) in [7, 11) is 0. The second-order valence-corrected chi connectivity index (χ2v) is 4.62. The molecule has 1 amide bonds. The van der Waals surface area contributed by atoms with Gasteiger partial charge < -0.3 is 10.6 Å². The van der Waals surface area contributed by atoms with Gasteiger partial charge in [0.15, 0.2) is 0 Å².